The van der Waals surface area contributed by atoms with Gasteiger partial charge in [0.05, 0.1) is 5.92 Å². The molecule has 1 heterocycles. The third kappa shape index (κ3) is 4.64. The highest BCUT2D eigenvalue weighted by molar-refractivity contribution is 5.90. The molecule has 2 unspecified atom stereocenters. The summed E-state index contributed by atoms with van der Waals surface area (Å²) in [6.07, 6.45) is 0.633. The fourth-order valence-electron chi connectivity index (χ4n) is 5.61. The molecule has 2 aromatic rings. The van der Waals surface area contributed by atoms with Crippen LogP contribution < -0.4 is 5.32 Å². The summed E-state index contributed by atoms with van der Waals surface area (Å²) in [7, 11) is 0. The van der Waals surface area contributed by atoms with Gasteiger partial charge in [0, 0.05) is 19.0 Å². The second-order valence-electron chi connectivity index (χ2n) is 9.70. The number of hydrogen-bond acceptors (Lipinski definition) is 4. The maximum Gasteiger partial charge on any atom is 0.408 e. The summed E-state index contributed by atoms with van der Waals surface area (Å²) in [6, 6.07) is 16.3. The Labute approximate surface area is 206 Å². The minimum absolute atomic E-state index is 0.0580. The van der Waals surface area contributed by atoms with Crippen LogP contribution in [0.5, 0.6) is 0 Å². The van der Waals surface area contributed by atoms with Crippen LogP contribution >= 0.6 is 0 Å². The number of hydrogen-bond donors (Lipinski definition) is 2. The number of nitrogens with one attached hydrogen (secondary N) is 1. The van der Waals surface area contributed by atoms with Gasteiger partial charge in [-0.25, -0.2) is 4.79 Å². The van der Waals surface area contributed by atoms with Crippen LogP contribution in [-0.2, 0) is 14.3 Å². The van der Waals surface area contributed by atoms with E-state index in [4.69, 9.17) is 4.74 Å². The standard InChI is InChI=1S/C28H34N2O5/c1-4-28(5-2,26(33)30-15-14-19(25(31)32)18(3)16-30)29-27(34)35-17-24-22-12-8-6-10-20(22)21-11-7-9-13-23(21)24/h6-13,18-19,24H,4-5,14-17H2,1-3H3,(H,29,34)(H,31,32). The lowest BCUT2D eigenvalue weighted by Crippen LogP contribution is -2.61. The lowest BCUT2D eigenvalue weighted by molar-refractivity contribution is -0.150. The van der Waals surface area contributed by atoms with Crippen molar-refractivity contribution in [3.63, 3.8) is 0 Å². The number of ether oxygens (including phenoxy) is 1. The van der Waals surface area contributed by atoms with Crippen LogP contribution in [-0.4, -0.2) is 53.2 Å². The minimum atomic E-state index is -1.08. The lowest BCUT2D eigenvalue weighted by atomic mass is 9.84. The first kappa shape index (κ1) is 24.8. The maximum absolute atomic E-state index is 13.5. The highest BCUT2D eigenvalue weighted by atomic mass is 16.5. The van der Waals surface area contributed by atoms with Crippen molar-refractivity contribution in [1.82, 2.24) is 10.2 Å². The molecule has 35 heavy (non-hydrogen) atoms. The summed E-state index contributed by atoms with van der Waals surface area (Å²) in [5.41, 5.74) is 3.48. The number of fused-ring (bicyclic) bond motifs is 3. The van der Waals surface area contributed by atoms with Crippen molar-refractivity contribution in [2.24, 2.45) is 11.8 Å². The normalized spacial score (nSPS) is 19.6. The molecule has 0 saturated carbocycles. The molecule has 2 atom stereocenters. The molecule has 4 rings (SSSR count). The van der Waals surface area contributed by atoms with Crippen LogP contribution in [0.15, 0.2) is 48.5 Å². The van der Waals surface area contributed by atoms with Gasteiger partial charge < -0.3 is 20.1 Å². The molecule has 2 amide bonds. The van der Waals surface area contributed by atoms with Gasteiger partial charge in [-0.15, -0.1) is 0 Å². The highest BCUT2D eigenvalue weighted by Gasteiger charge is 2.43. The number of amides is 2. The van der Waals surface area contributed by atoms with E-state index in [2.05, 4.69) is 29.6 Å². The van der Waals surface area contributed by atoms with Crippen molar-refractivity contribution in [3.05, 3.63) is 59.7 Å². The average molecular weight is 479 g/mol. The third-order valence-corrected chi connectivity index (χ3v) is 7.81. The summed E-state index contributed by atoms with van der Waals surface area (Å²) >= 11 is 0. The molecule has 0 radical (unpaired) electrons. The lowest BCUT2D eigenvalue weighted by Gasteiger charge is -2.41. The number of alkyl carbamates (subject to hydrolysis) is 1. The predicted octanol–water partition coefficient (Wildman–Crippen LogP) is 4.65. The van der Waals surface area contributed by atoms with Gasteiger partial charge in [0.25, 0.3) is 0 Å². The number of likely N-dealkylation sites (tertiary alicyclic amines) is 1. The monoisotopic (exact) mass is 478 g/mol. The maximum atomic E-state index is 13.5. The van der Waals surface area contributed by atoms with E-state index in [1.165, 1.54) is 0 Å². The number of carbonyl (C=O) groups is 3. The molecule has 1 aliphatic carbocycles. The molecule has 0 spiro atoms. The Balaban J connectivity index is 1.44. The number of carboxylic acids is 1. The summed E-state index contributed by atoms with van der Waals surface area (Å²) in [5.74, 6) is -1.65. The largest absolute Gasteiger partial charge is 0.481 e. The summed E-state index contributed by atoms with van der Waals surface area (Å²) in [5, 5.41) is 12.3. The topological polar surface area (TPSA) is 95.9 Å². The van der Waals surface area contributed by atoms with Crippen LogP contribution in [0.3, 0.4) is 0 Å². The number of rotatable bonds is 7. The molecular weight excluding hydrogens is 444 g/mol. The molecule has 7 heteroatoms. The van der Waals surface area contributed by atoms with Gasteiger partial charge in [-0.2, -0.15) is 0 Å². The van der Waals surface area contributed by atoms with E-state index in [9.17, 15) is 19.5 Å². The fraction of sp³-hybridized carbons (Fsp3) is 0.464. The Morgan fingerprint density at radius 3 is 2.11 bits per heavy atom. The van der Waals surface area contributed by atoms with Gasteiger partial charge >= 0.3 is 12.1 Å². The molecular formula is C28H34N2O5. The van der Waals surface area contributed by atoms with E-state index in [-0.39, 0.29) is 24.3 Å². The molecule has 1 fully saturated rings. The van der Waals surface area contributed by atoms with Gasteiger partial charge in [-0.05, 0) is 47.4 Å². The summed E-state index contributed by atoms with van der Waals surface area (Å²) in [6.45, 7) is 6.52. The van der Waals surface area contributed by atoms with Gasteiger partial charge in [0.1, 0.15) is 12.1 Å². The van der Waals surface area contributed by atoms with E-state index in [1.54, 1.807) is 4.90 Å². The zero-order valence-corrected chi connectivity index (χ0v) is 20.6. The van der Waals surface area contributed by atoms with Crippen molar-refractivity contribution >= 4 is 18.0 Å². The van der Waals surface area contributed by atoms with Gasteiger partial charge in [-0.3, -0.25) is 9.59 Å². The molecule has 186 valence electrons. The molecule has 2 aliphatic rings. The number of carboxylic acid groups (broad SMARTS) is 1. The summed E-state index contributed by atoms with van der Waals surface area (Å²) < 4.78 is 5.71. The Morgan fingerprint density at radius 1 is 1.03 bits per heavy atom. The predicted molar refractivity (Wildman–Crippen MR) is 133 cm³/mol. The molecule has 0 bridgehead atoms. The number of aliphatic carboxylic acids is 1. The molecule has 1 saturated heterocycles. The van der Waals surface area contributed by atoms with E-state index in [0.29, 0.717) is 32.4 Å². The second-order valence-corrected chi connectivity index (χ2v) is 9.70. The number of piperidine rings is 1. The third-order valence-electron chi connectivity index (χ3n) is 7.81. The van der Waals surface area contributed by atoms with E-state index < -0.39 is 23.5 Å². The number of carbonyl (C=O) groups excluding carboxylic acids is 2. The zero-order chi connectivity index (χ0) is 25.2. The van der Waals surface area contributed by atoms with Crippen molar-refractivity contribution in [1.29, 1.82) is 0 Å². The van der Waals surface area contributed by atoms with Crippen LogP contribution in [0.1, 0.15) is 57.1 Å². The summed E-state index contributed by atoms with van der Waals surface area (Å²) in [4.78, 5) is 39.7. The van der Waals surface area contributed by atoms with Crippen molar-refractivity contribution in [3.8, 4) is 11.1 Å². The van der Waals surface area contributed by atoms with Crippen molar-refractivity contribution < 1.29 is 24.2 Å². The first-order valence-corrected chi connectivity index (χ1v) is 12.5. The smallest absolute Gasteiger partial charge is 0.408 e. The SMILES string of the molecule is CCC(CC)(NC(=O)OCC1c2ccccc2-c2ccccc21)C(=O)N1CCC(C(=O)O)C(C)C1. The Morgan fingerprint density at radius 2 is 1.60 bits per heavy atom. The quantitative estimate of drug-likeness (QED) is 0.604. The van der Waals surface area contributed by atoms with E-state index in [1.807, 2.05) is 45.0 Å². The fourth-order valence-corrected chi connectivity index (χ4v) is 5.61. The Hall–Kier alpha value is -3.35. The van der Waals surface area contributed by atoms with Crippen LogP contribution in [0.25, 0.3) is 11.1 Å². The van der Waals surface area contributed by atoms with Gasteiger partial charge in [0.2, 0.25) is 5.91 Å². The number of benzene rings is 2. The Kier molecular flexibility index (Phi) is 7.15. The highest BCUT2D eigenvalue weighted by Crippen LogP contribution is 2.44. The van der Waals surface area contributed by atoms with E-state index in [0.717, 1.165) is 22.3 Å². The number of nitrogens with zero attached hydrogens (tertiary/aromatic N) is 1. The van der Waals surface area contributed by atoms with Gasteiger partial charge in [0.15, 0.2) is 0 Å². The molecule has 7 nitrogen and oxygen atoms in total. The molecule has 2 aromatic carbocycles. The van der Waals surface area contributed by atoms with Crippen LogP contribution in [0.4, 0.5) is 4.79 Å². The first-order valence-electron chi connectivity index (χ1n) is 12.5. The first-order chi connectivity index (χ1) is 16.8. The molecule has 0 aromatic heterocycles. The van der Waals surface area contributed by atoms with Crippen LogP contribution in [0, 0.1) is 11.8 Å². The van der Waals surface area contributed by atoms with Gasteiger partial charge in [-0.1, -0.05) is 69.3 Å². The molecule has 1 aliphatic heterocycles. The molecule has 2 N–H and O–H groups in total. The second kappa shape index (κ2) is 10.1. The Bertz CT molecular complexity index is 1060. The zero-order valence-electron chi connectivity index (χ0n) is 20.6. The van der Waals surface area contributed by atoms with E-state index >= 15 is 0 Å². The minimum Gasteiger partial charge on any atom is -0.481 e. The van der Waals surface area contributed by atoms with Crippen molar-refractivity contribution in [2.45, 2.75) is 51.5 Å². The average Bonchev–Trinajstić information content (AvgIpc) is 3.19. The van der Waals surface area contributed by atoms with Crippen LogP contribution in [0.2, 0.25) is 0 Å². The van der Waals surface area contributed by atoms with Crippen molar-refractivity contribution in [2.75, 3.05) is 19.7 Å².